The third-order valence-corrected chi connectivity index (χ3v) is 4.37. The highest BCUT2D eigenvalue weighted by molar-refractivity contribution is 7.92. The van der Waals surface area contributed by atoms with E-state index >= 15 is 0 Å². The molecule has 2 aromatic rings. The Morgan fingerprint density at radius 3 is 2.28 bits per heavy atom. The van der Waals surface area contributed by atoms with Gasteiger partial charge in [-0.05, 0) is 12.1 Å². The molecule has 2 rings (SSSR count). The Labute approximate surface area is 174 Å². The monoisotopic (exact) mass is 468 g/mol. The third-order valence-electron chi connectivity index (χ3n) is 3.22. The highest BCUT2D eigenvalue weighted by atomic mass is 35.5. The molecule has 29 heavy (non-hydrogen) atoms. The summed E-state index contributed by atoms with van der Waals surface area (Å²) in [5, 5.41) is 12.4. The van der Waals surface area contributed by atoms with Crippen LogP contribution >= 0.6 is 23.2 Å². The number of aromatic nitrogens is 2. The van der Waals surface area contributed by atoms with Crippen LogP contribution in [0.1, 0.15) is 11.3 Å². The number of hydrogen-bond acceptors (Lipinski definition) is 5. The number of alkyl halides is 3. The minimum Gasteiger partial charge on any atom is -0.369 e. The van der Waals surface area contributed by atoms with Crippen LogP contribution in [0.4, 0.5) is 24.7 Å². The van der Waals surface area contributed by atoms with Crippen LogP contribution in [-0.2, 0) is 16.2 Å². The topological polar surface area (TPSA) is 103 Å². The number of benzene rings is 1. The summed E-state index contributed by atoms with van der Waals surface area (Å²) >= 11 is 12.0. The van der Waals surface area contributed by atoms with Crippen molar-refractivity contribution in [3.05, 3.63) is 33.4 Å². The van der Waals surface area contributed by atoms with E-state index in [1.165, 1.54) is 11.2 Å². The second-order valence-corrected chi connectivity index (χ2v) is 8.50. The molecular formula is C15H13Cl2F3N6O2S. The van der Waals surface area contributed by atoms with Gasteiger partial charge in [-0.3, -0.25) is 4.72 Å². The fourth-order valence-electron chi connectivity index (χ4n) is 2.14. The standard InChI is InChI=1S/C15H13Cl2F3N6O2S/c1-25(2)7-22-14-12(24-29(3,27)28)11(6-21)23-26(14)13-9(16)4-8(5-10(13)17)15(18,19)20/h4-5,7,24H,1-3H3. The molecule has 0 fully saturated rings. The van der Waals surface area contributed by atoms with E-state index in [2.05, 4.69) is 14.8 Å². The van der Waals surface area contributed by atoms with Crippen LogP contribution in [0.25, 0.3) is 5.69 Å². The van der Waals surface area contributed by atoms with E-state index in [4.69, 9.17) is 23.2 Å². The molecule has 156 valence electrons. The Bertz CT molecular complexity index is 1100. The number of hydrogen-bond donors (Lipinski definition) is 1. The zero-order valence-electron chi connectivity index (χ0n) is 15.1. The smallest absolute Gasteiger partial charge is 0.369 e. The maximum atomic E-state index is 13.0. The Morgan fingerprint density at radius 2 is 1.86 bits per heavy atom. The molecule has 0 bridgehead atoms. The number of nitriles is 1. The van der Waals surface area contributed by atoms with Gasteiger partial charge in [0.15, 0.2) is 11.5 Å². The largest absolute Gasteiger partial charge is 0.416 e. The van der Waals surface area contributed by atoms with Crippen molar-refractivity contribution in [2.75, 3.05) is 25.1 Å². The molecule has 0 unspecified atom stereocenters. The van der Waals surface area contributed by atoms with Gasteiger partial charge in [0.1, 0.15) is 17.4 Å². The average Bonchev–Trinajstić information content (AvgIpc) is 2.87. The lowest BCUT2D eigenvalue weighted by atomic mass is 10.2. The van der Waals surface area contributed by atoms with E-state index < -0.39 is 31.8 Å². The predicted octanol–water partition coefficient (Wildman–Crippen LogP) is 3.66. The molecule has 0 atom stereocenters. The van der Waals surface area contributed by atoms with Gasteiger partial charge in [0.2, 0.25) is 10.0 Å². The molecule has 0 spiro atoms. The van der Waals surface area contributed by atoms with E-state index in [9.17, 15) is 26.9 Å². The summed E-state index contributed by atoms with van der Waals surface area (Å²) in [4.78, 5) is 5.58. The number of rotatable bonds is 5. The lowest BCUT2D eigenvalue weighted by Crippen LogP contribution is -2.11. The summed E-state index contributed by atoms with van der Waals surface area (Å²) in [5.74, 6) is -0.204. The minimum absolute atomic E-state index is 0.203. The summed E-state index contributed by atoms with van der Waals surface area (Å²) in [6, 6.07) is 2.98. The summed E-state index contributed by atoms with van der Waals surface area (Å²) in [6.45, 7) is 0. The van der Waals surface area contributed by atoms with E-state index in [0.717, 1.165) is 10.9 Å². The summed E-state index contributed by atoms with van der Waals surface area (Å²) in [7, 11) is -0.598. The quantitative estimate of drug-likeness (QED) is 0.532. The molecule has 1 N–H and O–H groups in total. The van der Waals surface area contributed by atoms with Crippen LogP contribution in [0.2, 0.25) is 10.0 Å². The molecule has 0 aliphatic heterocycles. The first-order valence-corrected chi connectivity index (χ1v) is 10.2. The summed E-state index contributed by atoms with van der Waals surface area (Å²) < 4.78 is 65.4. The second-order valence-electron chi connectivity index (χ2n) is 5.94. The maximum Gasteiger partial charge on any atom is 0.416 e. The van der Waals surface area contributed by atoms with Gasteiger partial charge in [-0.1, -0.05) is 23.2 Å². The van der Waals surface area contributed by atoms with Crippen molar-refractivity contribution in [1.29, 1.82) is 5.26 Å². The SMILES string of the molecule is CN(C)C=Nc1c(NS(C)(=O)=O)c(C#N)nn1-c1c(Cl)cc(C(F)(F)F)cc1Cl. The molecule has 0 saturated heterocycles. The van der Waals surface area contributed by atoms with Crippen molar-refractivity contribution in [2.24, 2.45) is 4.99 Å². The van der Waals surface area contributed by atoms with E-state index in [1.807, 2.05) is 0 Å². The Morgan fingerprint density at radius 1 is 1.31 bits per heavy atom. The lowest BCUT2D eigenvalue weighted by molar-refractivity contribution is -0.137. The highest BCUT2D eigenvalue weighted by Crippen LogP contribution is 2.41. The van der Waals surface area contributed by atoms with E-state index in [-0.39, 0.29) is 22.9 Å². The zero-order valence-corrected chi connectivity index (χ0v) is 17.4. The summed E-state index contributed by atoms with van der Waals surface area (Å²) in [5.41, 5.74) is -1.95. The maximum absolute atomic E-state index is 13.0. The molecule has 0 aliphatic rings. The third kappa shape index (κ3) is 5.31. The second kappa shape index (κ2) is 8.10. The number of halogens is 5. The molecule has 14 heteroatoms. The van der Waals surface area contributed by atoms with Crippen molar-refractivity contribution in [1.82, 2.24) is 14.7 Å². The van der Waals surface area contributed by atoms with Crippen molar-refractivity contribution in [3.63, 3.8) is 0 Å². The Hall–Kier alpha value is -2.49. The minimum atomic E-state index is -4.69. The first kappa shape index (κ1) is 22.8. The number of nitrogens with zero attached hydrogens (tertiary/aromatic N) is 5. The molecule has 0 aliphatic carbocycles. The predicted molar refractivity (Wildman–Crippen MR) is 104 cm³/mol. The average molecular weight is 469 g/mol. The first-order chi connectivity index (χ1) is 13.2. The zero-order chi connectivity index (χ0) is 22.1. The van der Waals surface area contributed by atoms with Crippen molar-refractivity contribution < 1.29 is 21.6 Å². The number of anilines is 1. The van der Waals surface area contributed by atoms with Gasteiger partial charge in [0.05, 0.1) is 28.2 Å². The van der Waals surface area contributed by atoms with Crippen LogP contribution in [0.5, 0.6) is 0 Å². The number of sulfonamides is 1. The molecule has 1 aromatic heterocycles. The fourth-order valence-corrected chi connectivity index (χ4v) is 3.35. The lowest BCUT2D eigenvalue weighted by Gasteiger charge is -2.14. The Kier molecular flexibility index (Phi) is 6.36. The summed E-state index contributed by atoms with van der Waals surface area (Å²) in [6.07, 6.45) is -2.57. The molecule has 0 saturated carbocycles. The van der Waals surface area contributed by atoms with Crippen LogP contribution in [-0.4, -0.2) is 49.8 Å². The molecule has 8 nitrogen and oxygen atoms in total. The van der Waals surface area contributed by atoms with Crippen molar-refractivity contribution in [3.8, 4) is 11.8 Å². The van der Waals surface area contributed by atoms with Crippen LogP contribution in [0, 0.1) is 11.3 Å². The van der Waals surface area contributed by atoms with Crippen LogP contribution in [0.15, 0.2) is 17.1 Å². The van der Waals surface area contributed by atoms with Gasteiger partial charge in [0, 0.05) is 14.1 Å². The highest BCUT2D eigenvalue weighted by Gasteiger charge is 2.33. The van der Waals surface area contributed by atoms with E-state index in [0.29, 0.717) is 12.1 Å². The molecular weight excluding hydrogens is 456 g/mol. The van der Waals surface area contributed by atoms with Crippen molar-refractivity contribution >= 4 is 51.1 Å². The van der Waals surface area contributed by atoms with Gasteiger partial charge < -0.3 is 4.90 Å². The molecule has 0 radical (unpaired) electrons. The van der Waals surface area contributed by atoms with Gasteiger partial charge in [-0.2, -0.15) is 23.5 Å². The normalized spacial score (nSPS) is 12.2. The molecule has 1 heterocycles. The molecule has 0 amide bonds. The first-order valence-electron chi connectivity index (χ1n) is 7.52. The van der Waals surface area contributed by atoms with Gasteiger partial charge >= 0.3 is 6.18 Å². The molecule has 1 aromatic carbocycles. The van der Waals surface area contributed by atoms with Gasteiger partial charge in [-0.15, -0.1) is 0 Å². The number of aliphatic imine (C=N–C) groups is 1. The van der Waals surface area contributed by atoms with Crippen LogP contribution in [0.3, 0.4) is 0 Å². The Balaban J connectivity index is 2.84. The van der Waals surface area contributed by atoms with E-state index in [1.54, 1.807) is 20.2 Å². The van der Waals surface area contributed by atoms with Crippen LogP contribution < -0.4 is 4.72 Å². The van der Waals surface area contributed by atoms with Gasteiger partial charge in [-0.25, -0.2) is 18.1 Å². The number of nitrogens with one attached hydrogen (secondary N) is 1. The van der Waals surface area contributed by atoms with Gasteiger partial charge in [0.25, 0.3) is 0 Å². The fraction of sp³-hybridized carbons (Fsp3) is 0.267. The van der Waals surface area contributed by atoms with Crippen molar-refractivity contribution in [2.45, 2.75) is 6.18 Å².